The Labute approximate surface area is 122 Å². The van der Waals surface area contributed by atoms with Gasteiger partial charge in [-0.25, -0.2) is 4.98 Å². The molecule has 19 heavy (non-hydrogen) atoms. The lowest BCUT2D eigenvalue weighted by molar-refractivity contribution is 0.188. The van der Waals surface area contributed by atoms with Crippen molar-refractivity contribution in [2.75, 3.05) is 19.0 Å². The van der Waals surface area contributed by atoms with Gasteiger partial charge in [-0.15, -0.1) is 0 Å². The third kappa shape index (κ3) is 3.86. The summed E-state index contributed by atoms with van der Waals surface area (Å²) in [6.45, 7) is 3.30. The summed E-state index contributed by atoms with van der Waals surface area (Å²) in [5.41, 5.74) is 1.74. The molecule has 0 amide bonds. The van der Waals surface area contributed by atoms with Crippen molar-refractivity contribution in [1.82, 2.24) is 9.55 Å². The molecule has 4 nitrogen and oxygen atoms in total. The van der Waals surface area contributed by atoms with E-state index < -0.39 is 0 Å². The first-order chi connectivity index (χ1) is 9.08. The summed E-state index contributed by atoms with van der Waals surface area (Å²) in [4.78, 5) is 4.43. The van der Waals surface area contributed by atoms with Gasteiger partial charge in [0.05, 0.1) is 12.3 Å². The van der Waals surface area contributed by atoms with Gasteiger partial charge in [0.1, 0.15) is 0 Å². The number of anilines is 2. The first-order valence-electron chi connectivity index (χ1n) is 5.84. The van der Waals surface area contributed by atoms with E-state index in [2.05, 4.69) is 10.3 Å². The zero-order valence-electron chi connectivity index (χ0n) is 10.8. The van der Waals surface area contributed by atoms with Gasteiger partial charge in [0.2, 0.25) is 5.95 Å². The first kappa shape index (κ1) is 14.2. The van der Waals surface area contributed by atoms with Gasteiger partial charge in [-0.3, -0.25) is 0 Å². The van der Waals surface area contributed by atoms with Crippen LogP contribution in [0.15, 0.2) is 24.4 Å². The molecule has 1 aromatic heterocycles. The molecule has 2 rings (SSSR count). The number of rotatable bonds is 5. The number of halogens is 2. The van der Waals surface area contributed by atoms with E-state index in [0.29, 0.717) is 16.7 Å². The second kappa shape index (κ2) is 6.28. The van der Waals surface area contributed by atoms with Crippen LogP contribution in [0, 0.1) is 6.92 Å². The van der Waals surface area contributed by atoms with Crippen LogP contribution >= 0.6 is 23.2 Å². The van der Waals surface area contributed by atoms with Gasteiger partial charge in [-0.2, -0.15) is 0 Å². The summed E-state index contributed by atoms with van der Waals surface area (Å²) in [5, 5.41) is 4.38. The fourth-order valence-electron chi connectivity index (χ4n) is 1.76. The lowest BCUT2D eigenvalue weighted by Crippen LogP contribution is -2.07. The van der Waals surface area contributed by atoms with Crippen LogP contribution in [0.25, 0.3) is 0 Å². The average molecular weight is 300 g/mol. The number of benzene rings is 1. The SMILES string of the molecule is COCCn1cc(C)nc1Nc1cc(Cl)cc(Cl)c1. The van der Waals surface area contributed by atoms with Crippen molar-refractivity contribution < 1.29 is 4.74 Å². The van der Waals surface area contributed by atoms with Crippen LogP contribution in [0.2, 0.25) is 10.0 Å². The molecule has 0 aliphatic heterocycles. The highest BCUT2D eigenvalue weighted by atomic mass is 35.5. The number of methoxy groups -OCH3 is 1. The monoisotopic (exact) mass is 299 g/mol. The number of nitrogens with zero attached hydrogens (tertiary/aromatic N) is 2. The minimum Gasteiger partial charge on any atom is -0.383 e. The molecule has 1 aromatic carbocycles. The van der Waals surface area contributed by atoms with E-state index in [1.807, 2.05) is 17.7 Å². The highest BCUT2D eigenvalue weighted by Crippen LogP contribution is 2.25. The lowest BCUT2D eigenvalue weighted by atomic mass is 10.3. The van der Waals surface area contributed by atoms with Crippen molar-refractivity contribution >= 4 is 34.8 Å². The van der Waals surface area contributed by atoms with Gasteiger partial charge in [0.15, 0.2) is 0 Å². The maximum atomic E-state index is 5.97. The van der Waals surface area contributed by atoms with Crippen LogP contribution < -0.4 is 5.32 Å². The number of hydrogen-bond donors (Lipinski definition) is 1. The second-order valence-electron chi connectivity index (χ2n) is 4.18. The molecule has 0 fully saturated rings. The minimum atomic E-state index is 0.585. The molecule has 0 unspecified atom stereocenters. The number of nitrogens with one attached hydrogen (secondary N) is 1. The van der Waals surface area contributed by atoms with Crippen LogP contribution in [-0.4, -0.2) is 23.3 Å². The molecule has 2 aromatic rings. The zero-order chi connectivity index (χ0) is 13.8. The van der Waals surface area contributed by atoms with Crippen LogP contribution in [0.4, 0.5) is 11.6 Å². The smallest absolute Gasteiger partial charge is 0.207 e. The Kier molecular flexibility index (Phi) is 4.69. The normalized spacial score (nSPS) is 10.7. The van der Waals surface area contributed by atoms with E-state index >= 15 is 0 Å². The molecule has 102 valence electrons. The van der Waals surface area contributed by atoms with Crippen molar-refractivity contribution in [2.24, 2.45) is 0 Å². The van der Waals surface area contributed by atoms with Gasteiger partial charge in [-0.05, 0) is 25.1 Å². The molecule has 1 N–H and O–H groups in total. The highest BCUT2D eigenvalue weighted by Gasteiger charge is 2.07. The Hall–Kier alpha value is -1.23. The molecule has 0 radical (unpaired) electrons. The van der Waals surface area contributed by atoms with Crippen molar-refractivity contribution in [1.29, 1.82) is 0 Å². The predicted molar refractivity (Wildman–Crippen MR) is 78.6 cm³/mol. The summed E-state index contributed by atoms with van der Waals surface area (Å²) in [6.07, 6.45) is 1.97. The molecular weight excluding hydrogens is 285 g/mol. The Morgan fingerprint density at radius 2 is 1.95 bits per heavy atom. The molecule has 0 spiro atoms. The summed E-state index contributed by atoms with van der Waals surface area (Å²) >= 11 is 11.9. The van der Waals surface area contributed by atoms with Gasteiger partial charge in [-0.1, -0.05) is 23.2 Å². The Bertz CT molecular complexity index is 549. The summed E-state index contributed by atoms with van der Waals surface area (Å²) in [6, 6.07) is 5.30. The van der Waals surface area contributed by atoms with Crippen molar-refractivity contribution in [3.8, 4) is 0 Å². The molecule has 0 aliphatic rings. The summed E-state index contributed by atoms with van der Waals surface area (Å²) in [5.74, 6) is 0.743. The van der Waals surface area contributed by atoms with Gasteiger partial charge in [0, 0.05) is 35.6 Å². The van der Waals surface area contributed by atoms with Crippen LogP contribution in [0.5, 0.6) is 0 Å². The topological polar surface area (TPSA) is 39.1 Å². The number of imidazole rings is 1. The minimum absolute atomic E-state index is 0.585. The Morgan fingerprint density at radius 3 is 2.58 bits per heavy atom. The van der Waals surface area contributed by atoms with Crippen molar-refractivity contribution in [3.05, 3.63) is 40.1 Å². The average Bonchev–Trinajstić information content (AvgIpc) is 2.65. The molecule has 0 bridgehead atoms. The third-order valence-electron chi connectivity index (χ3n) is 2.55. The predicted octanol–water partition coefficient (Wildman–Crippen LogP) is 3.89. The molecule has 6 heteroatoms. The van der Waals surface area contributed by atoms with Crippen LogP contribution in [-0.2, 0) is 11.3 Å². The molecule has 0 aliphatic carbocycles. The Morgan fingerprint density at radius 1 is 1.26 bits per heavy atom. The number of hydrogen-bond acceptors (Lipinski definition) is 3. The van der Waals surface area contributed by atoms with Gasteiger partial charge < -0.3 is 14.6 Å². The summed E-state index contributed by atoms with van der Waals surface area (Å²) in [7, 11) is 1.67. The largest absolute Gasteiger partial charge is 0.383 e. The number of aromatic nitrogens is 2. The van der Waals surface area contributed by atoms with E-state index in [0.717, 1.165) is 23.9 Å². The third-order valence-corrected chi connectivity index (χ3v) is 2.99. The van der Waals surface area contributed by atoms with Gasteiger partial charge in [0.25, 0.3) is 0 Å². The van der Waals surface area contributed by atoms with E-state index in [1.165, 1.54) is 0 Å². The van der Waals surface area contributed by atoms with E-state index in [1.54, 1.807) is 25.3 Å². The lowest BCUT2D eigenvalue weighted by Gasteiger charge is -2.10. The maximum Gasteiger partial charge on any atom is 0.207 e. The number of ether oxygens (including phenoxy) is 1. The molecule has 0 saturated heterocycles. The summed E-state index contributed by atoms with van der Waals surface area (Å²) < 4.78 is 7.07. The molecular formula is C13H15Cl2N3O. The highest BCUT2D eigenvalue weighted by molar-refractivity contribution is 6.35. The zero-order valence-corrected chi connectivity index (χ0v) is 12.3. The standard InChI is InChI=1S/C13H15Cl2N3O/c1-9-8-18(3-4-19-2)13(16-9)17-12-6-10(14)5-11(15)7-12/h5-8H,3-4H2,1-2H3,(H,16,17). The first-order valence-corrected chi connectivity index (χ1v) is 6.60. The quantitative estimate of drug-likeness (QED) is 0.910. The maximum absolute atomic E-state index is 5.97. The van der Waals surface area contributed by atoms with E-state index in [9.17, 15) is 0 Å². The van der Waals surface area contributed by atoms with Crippen LogP contribution in [0.3, 0.4) is 0 Å². The van der Waals surface area contributed by atoms with Crippen molar-refractivity contribution in [2.45, 2.75) is 13.5 Å². The molecule has 0 atom stereocenters. The van der Waals surface area contributed by atoms with Crippen molar-refractivity contribution in [3.63, 3.8) is 0 Å². The molecule has 1 heterocycles. The fraction of sp³-hybridized carbons (Fsp3) is 0.308. The molecule has 0 saturated carbocycles. The second-order valence-corrected chi connectivity index (χ2v) is 5.05. The van der Waals surface area contributed by atoms with E-state index in [4.69, 9.17) is 27.9 Å². The van der Waals surface area contributed by atoms with E-state index in [-0.39, 0.29) is 0 Å². The van der Waals surface area contributed by atoms with Gasteiger partial charge >= 0.3 is 0 Å². The fourth-order valence-corrected chi connectivity index (χ4v) is 2.29. The van der Waals surface area contributed by atoms with Crippen LogP contribution in [0.1, 0.15) is 5.69 Å². The number of aryl methyl sites for hydroxylation is 1. The Balaban J connectivity index is 2.22.